The summed E-state index contributed by atoms with van der Waals surface area (Å²) in [6.45, 7) is 5.42. The number of rotatable bonds is 3. The molecule has 1 fully saturated rings. The molecule has 0 spiro atoms. The van der Waals surface area contributed by atoms with Gasteiger partial charge < -0.3 is 10.4 Å². The zero-order chi connectivity index (χ0) is 9.90. The Labute approximate surface area is 78.8 Å². The summed E-state index contributed by atoms with van der Waals surface area (Å²) in [5, 5.41) is 12.2. The van der Waals surface area contributed by atoms with Crippen LogP contribution in [0.25, 0.3) is 0 Å². The fourth-order valence-corrected chi connectivity index (χ4v) is 1.59. The van der Waals surface area contributed by atoms with E-state index in [0.29, 0.717) is 13.0 Å². The van der Waals surface area contributed by atoms with E-state index in [-0.39, 0.29) is 0 Å². The van der Waals surface area contributed by atoms with Gasteiger partial charge in [-0.25, -0.2) is 0 Å². The van der Waals surface area contributed by atoms with E-state index in [1.165, 1.54) is 5.57 Å². The fraction of sp³-hybridized carbons (Fsp3) is 0.700. The molecule has 13 heavy (non-hydrogen) atoms. The van der Waals surface area contributed by atoms with Crippen molar-refractivity contribution in [2.24, 2.45) is 5.41 Å². The van der Waals surface area contributed by atoms with E-state index in [1.807, 2.05) is 19.9 Å². The molecule has 0 aromatic heterocycles. The Balaban J connectivity index is 2.68. The van der Waals surface area contributed by atoms with Gasteiger partial charge in [0.1, 0.15) is 0 Å². The molecule has 3 heteroatoms. The van der Waals surface area contributed by atoms with E-state index in [0.717, 1.165) is 13.0 Å². The number of carbonyl (C=O) groups is 1. The van der Waals surface area contributed by atoms with Crippen LogP contribution in [0.4, 0.5) is 0 Å². The van der Waals surface area contributed by atoms with Gasteiger partial charge in [0, 0.05) is 6.54 Å². The van der Waals surface area contributed by atoms with Crippen molar-refractivity contribution in [2.75, 3.05) is 13.1 Å². The fourth-order valence-electron chi connectivity index (χ4n) is 1.59. The van der Waals surface area contributed by atoms with Crippen LogP contribution in [0.15, 0.2) is 11.6 Å². The van der Waals surface area contributed by atoms with Gasteiger partial charge in [0.2, 0.25) is 0 Å². The summed E-state index contributed by atoms with van der Waals surface area (Å²) in [6.07, 6.45) is 3.41. The van der Waals surface area contributed by atoms with E-state index in [1.54, 1.807) is 0 Å². The third kappa shape index (κ3) is 2.31. The van der Waals surface area contributed by atoms with E-state index in [2.05, 4.69) is 5.32 Å². The number of carboxylic acids is 1. The second kappa shape index (κ2) is 3.92. The third-order valence-corrected chi connectivity index (χ3v) is 2.60. The summed E-state index contributed by atoms with van der Waals surface area (Å²) in [7, 11) is 0. The lowest BCUT2D eigenvalue weighted by atomic mass is 9.83. The molecule has 74 valence electrons. The highest BCUT2D eigenvalue weighted by atomic mass is 16.4. The lowest BCUT2D eigenvalue weighted by Crippen LogP contribution is -2.32. The Morgan fingerprint density at radius 2 is 2.31 bits per heavy atom. The first-order valence-electron chi connectivity index (χ1n) is 4.64. The zero-order valence-corrected chi connectivity index (χ0v) is 8.26. The highest BCUT2D eigenvalue weighted by Gasteiger charge is 2.40. The van der Waals surface area contributed by atoms with Crippen LogP contribution in [0, 0.1) is 5.41 Å². The van der Waals surface area contributed by atoms with E-state index >= 15 is 0 Å². The Hall–Kier alpha value is -0.830. The number of carboxylic acid groups (broad SMARTS) is 1. The van der Waals surface area contributed by atoms with Crippen molar-refractivity contribution in [1.82, 2.24) is 5.32 Å². The summed E-state index contributed by atoms with van der Waals surface area (Å²) >= 11 is 0. The van der Waals surface area contributed by atoms with E-state index in [4.69, 9.17) is 5.11 Å². The van der Waals surface area contributed by atoms with Crippen molar-refractivity contribution >= 4 is 5.97 Å². The lowest BCUT2D eigenvalue weighted by Gasteiger charge is -2.20. The normalized spacial score (nSPS) is 27.2. The van der Waals surface area contributed by atoms with E-state index < -0.39 is 11.4 Å². The topological polar surface area (TPSA) is 49.3 Å². The van der Waals surface area contributed by atoms with Gasteiger partial charge in [-0.2, -0.15) is 0 Å². The molecule has 0 bridgehead atoms. The van der Waals surface area contributed by atoms with Crippen molar-refractivity contribution in [3.63, 3.8) is 0 Å². The maximum atomic E-state index is 11.1. The van der Waals surface area contributed by atoms with Gasteiger partial charge >= 0.3 is 5.97 Å². The predicted molar refractivity (Wildman–Crippen MR) is 51.6 cm³/mol. The van der Waals surface area contributed by atoms with Crippen molar-refractivity contribution < 1.29 is 9.90 Å². The van der Waals surface area contributed by atoms with Crippen molar-refractivity contribution in [3.05, 3.63) is 11.6 Å². The standard InChI is InChI=1S/C10H17NO2/c1-8(2)3-4-10(9(12)13)5-6-11-7-10/h3,11H,4-7H2,1-2H3,(H,12,13). The number of allylic oxidation sites excluding steroid dienone is 2. The molecular formula is C10H17NO2. The van der Waals surface area contributed by atoms with Crippen LogP contribution in [0.1, 0.15) is 26.7 Å². The Morgan fingerprint density at radius 3 is 2.69 bits per heavy atom. The minimum atomic E-state index is -0.671. The van der Waals surface area contributed by atoms with Gasteiger partial charge in [-0.3, -0.25) is 4.79 Å². The Kier molecular flexibility index (Phi) is 3.09. The number of hydrogen-bond donors (Lipinski definition) is 2. The zero-order valence-electron chi connectivity index (χ0n) is 8.26. The minimum Gasteiger partial charge on any atom is -0.481 e. The second-order valence-corrected chi connectivity index (χ2v) is 4.00. The molecule has 0 amide bonds. The van der Waals surface area contributed by atoms with Crippen molar-refractivity contribution in [1.29, 1.82) is 0 Å². The molecule has 3 nitrogen and oxygen atoms in total. The van der Waals surface area contributed by atoms with Crippen molar-refractivity contribution in [3.8, 4) is 0 Å². The largest absolute Gasteiger partial charge is 0.481 e. The number of hydrogen-bond acceptors (Lipinski definition) is 2. The summed E-state index contributed by atoms with van der Waals surface area (Å²) < 4.78 is 0. The third-order valence-electron chi connectivity index (χ3n) is 2.60. The molecular weight excluding hydrogens is 166 g/mol. The molecule has 2 N–H and O–H groups in total. The van der Waals surface area contributed by atoms with Gasteiger partial charge in [-0.15, -0.1) is 0 Å². The Morgan fingerprint density at radius 1 is 1.62 bits per heavy atom. The second-order valence-electron chi connectivity index (χ2n) is 4.00. The van der Waals surface area contributed by atoms with Crippen molar-refractivity contribution in [2.45, 2.75) is 26.7 Å². The molecule has 1 unspecified atom stereocenters. The highest BCUT2D eigenvalue weighted by molar-refractivity contribution is 5.75. The molecule has 0 aliphatic carbocycles. The molecule has 0 aromatic rings. The van der Waals surface area contributed by atoms with Crippen LogP contribution in [0.5, 0.6) is 0 Å². The number of aliphatic carboxylic acids is 1. The molecule has 0 aromatic carbocycles. The first-order valence-corrected chi connectivity index (χ1v) is 4.64. The average molecular weight is 183 g/mol. The SMILES string of the molecule is CC(C)=CCC1(C(=O)O)CCNC1. The van der Waals surface area contributed by atoms with Crippen LogP contribution < -0.4 is 5.32 Å². The van der Waals surface area contributed by atoms with E-state index in [9.17, 15) is 4.79 Å². The van der Waals surface area contributed by atoms with Crippen LogP contribution in [0.2, 0.25) is 0 Å². The molecule has 1 rings (SSSR count). The Bertz CT molecular complexity index is 223. The molecule has 1 aliphatic rings. The molecule has 1 saturated heterocycles. The first kappa shape index (κ1) is 10.3. The van der Waals surface area contributed by atoms with Crippen LogP contribution in [-0.2, 0) is 4.79 Å². The van der Waals surface area contributed by atoms with Gasteiger partial charge in [0.15, 0.2) is 0 Å². The summed E-state index contributed by atoms with van der Waals surface area (Å²) in [5.74, 6) is -0.671. The van der Waals surface area contributed by atoms with Gasteiger partial charge in [-0.05, 0) is 33.2 Å². The summed E-state index contributed by atoms with van der Waals surface area (Å²) in [4.78, 5) is 11.1. The average Bonchev–Trinajstić information content (AvgIpc) is 2.50. The molecule has 0 saturated carbocycles. The first-order chi connectivity index (χ1) is 6.07. The highest BCUT2D eigenvalue weighted by Crippen LogP contribution is 2.30. The summed E-state index contributed by atoms with van der Waals surface area (Å²) in [5.41, 5.74) is 0.643. The molecule has 1 aliphatic heterocycles. The van der Waals surface area contributed by atoms with Gasteiger partial charge in [0.25, 0.3) is 0 Å². The maximum Gasteiger partial charge on any atom is 0.311 e. The maximum absolute atomic E-state index is 11.1. The molecule has 1 atom stereocenters. The smallest absolute Gasteiger partial charge is 0.311 e. The van der Waals surface area contributed by atoms with Gasteiger partial charge in [-0.1, -0.05) is 11.6 Å². The number of nitrogens with one attached hydrogen (secondary N) is 1. The minimum absolute atomic E-state index is 0.544. The van der Waals surface area contributed by atoms with Crippen LogP contribution in [0.3, 0.4) is 0 Å². The predicted octanol–water partition coefficient (Wildman–Crippen LogP) is 1.41. The molecule has 1 heterocycles. The monoisotopic (exact) mass is 183 g/mol. The quantitative estimate of drug-likeness (QED) is 0.650. The van der Waals surface area contributed by atoms with Crippen LogP contribution in [-0.4, -0.2) is 24.2 Å². The summed E-state index contributed by atoms with van der Waals surface area (Å²) in [6, 6.07) is 0. The van der Waals surface area contributed by atoms with Crippen LogP contribution >= 0.6 is 0 Å². The molecule has 0 radical (unpaired) electrons. The van der Waals surface area contributed by atoms with Gasteiger partial charge in [0.05, 0.1) is 5.41 Å². The lowest BCUT2D eigenvalue weighted by molar-refractivity contribution is -0.147.